The molecule has 0 saturated heterocycles. The highest BCUT2D eigenvalue weighted by Gasteiger charge is 2.20. The third-order valence-corrected chi connectivity index (χ3v) is 7.37. The summed E-state index contributed by atoms with van der Waals surface area (Å²) in [5.74, 6) is 0.510. The predicted molar refractivity (Wildman–Crippen MR) is 180 cm³/mol. The number of carbonyl (C=O) groups is 1. The fourth-order valence-electron chi connectivity index (χ4n) is 4.93. The van der Waals surface area contributed by atoms with Crippen LogP contribution < -0.4 is 20.3 Å². The Kier molecular flexibility index (Phi) is 14.6. The highest BCUT2D eigenvalue weighted by molar-refractivity contribution is 6.03. The van der Waals surface area contributed by atoms with Crippen molar-refractivity contribution < 1.29 is 14.3 Å². The van der Waals surface area contributed by atoms with Crippen LogP contribution in [-0.4, -0.2) is 23.7 Å². The smallest absolute Gasteiger partial charge is 0.297 e. The number of ether oxygens (including phenoxy) is 2. The fraction of sp³-hybridized carbons (Fsp3) is 0.459. The van der Waals surface area contributed by atoms with E-state index in [0.717, 1.165) is 60.6 Å². The predicted octanol–water partition coefficient (Wildman–Crippen LogP) is 9.32. The van der Waals surface area contributed by atoms with E-state index in [1.165, 1.54) is 31.8 Å². The molecule has 0 aliphatic carbocycles. The van der Waals surface area contributed by atoms with E-state index < -0.39 is 0 Å². The molecule has 0 bridgehead atoms. The molecule has 3 aromatic rings. The molecule has 6 heteroatoms. The minimum absolute atomic E-state index is 0.186. The van der Waals surface area contributed by atoms with Gasteiger partial charge in [-0.15, -0.1) is 0 Å². The van der Waals surface area contributed by atoms with Gasteiger partial charge in [0.1, 0.15) is 6.61 Å². The molecule has 232 valence electrons. The maximum atomic E-state index is 14.0. The molecule has 2 aromatic carbocycles. The van der Waals surface area contributed by atoms with E-state index >= 15 is 0 Å². The normalized spacial score (nSPS) is 11.2. The number of allylic oxidation sites excluding steroid dienone is 1. The number of anilines is 1. The summed E-state index contributed by atoms with van der Waals surface area (Å²) in [6.07, 6.45) is 16.3. The van der Waals surface area contributed by atoms with Crippen molar-refractivity contribution in [2.45, 2.75) is 98.4 Å². The number of nitrogens with zero attached hydrogens (tertiary/aromatic N) is 1. The molecule has 0 aliphatic rings. The summed E-state index contributed by atoms with van der Waals surface area (Å²) in [7, 11) is 0. The number of amides is 1. The summed E-state index contributed by atoms with van der Waals surface area (Å²) >= 11 is 0. The molecule has 0 saturated carbocycles. The average molecular weight is 587 g/mol. The van der Waals surface area contributed by atoms with Crippen molar-refractivity contribution in [2.75, 3.05) is 18.5 Å². The number of fused-ring (bicyclic) bond motifs is 1. The maximum Gasteiger partial charge on any atom is 0.297 e. The third-order valence-electron chi connectivity index (χ3n) is 7.37. The number of pyridine rings is 1. The Balaban J connectivity index is 1.95. The molecular formula is C37H50N2O4. The van der Waals surface area contributed by atoms with Crippen molar-refractivity contribution in [1.29, 1.82) is 0 Å². The minimum atomic E-state index is -0.237. The van der Waals surface area contributed by atoms with Gasteiger partial charge in [0.15, 0.2) is 5.75 Å². The quantitative estimate of drug-likeness (QED) is 0.0863. The van der Waals surface area contributed by atoms with E-state index in [1.54, 1.807) is 10.6 Å². The van der Waals surface area contributed by atoms with Crippen LogP contribution in [0.2, 0.25) is 0 Å². The summed E-state index contributed by atoms with van der Waals surface area (Å²) in [4.78, 5) is 26.8. The van der Waals surface area contributed by atoms with E-state index in [0.29, 0.717) is 31.2 Å². The molecule has 0 unspecified atom stereocenters. The Hall–Kier alpha value is -3.80. The number of nitrogens with one attached hydrogen (secondary N) is 1. The Labute approximate surface area is 257 Å². The number of unbranched alkanes of at least 4 members (excludes halogenated alkanes) is 8. The molecule has 0 radical (unpaired) electrons. The molecule has 1 aromatic heterocycles. The van der Waals surface area contributed by atoms with Crippen LogP contribution in [0.25, 0.3) is 17.0 Å². The van der Waals surface area contributed by atoms with Crippen molar-refractivity contribution in [3.05, 3.63) is 82.2 Å². The van der Waals surface area contributed by atoms with E-state index in [4.69, 9.17) is 9.47 Å². The molecule has 0 fully saturated rings. The molecule has 0 spiro atoms. The molecule has 1 amide bonds. The fourth-order valence-corrected chi connectivity index (χ4v) is 4.93. The van der Waals surface area contributed by atoms with Crippen LogP contribution in [0.15, 0.2) is 71.1 Å². The molecule has 43 heavy (non-hydrogen) atoms. The van der Waals surface area contributed by atoms with Gasteiger partial charge in [-0.1, -0.05) is 101 Å². The summed E-state index contributed by atoms with van der Waals surface area (Å²) in [5.41, 5.74) is 3.24. The average Bonchev–Trinajstić information content (AvgIpc) is 3.00. The summed E-state index contributed by atoms with van der Waals surface area (Å²) in [6, 6.07) is 15.3. The number of carbonyl (C=O) groups excluding carboxylic acids is 1. The minimum Gasteiger partial charge on any atom is -0.485 e. The molecule has 3 rings (SSSR count). The molecule has 0 aliphatic heterocycles. The molecule has 1 heterocycles. The van der Waals surface area contributed by atoms with Gasteiger partial charge in [0, 0.05) is 23.7 Å². The van der Waals surface area contributed by atoms with Crippen LogP contribution in [0.1, 0.15) is 97.5 Å². The zero-order valence-corrected chi connectivity index (χ0v) is 26.6. The topological polar surface area (TPSA) is 69.6 Å². The van der Waals surface area contributed by atoms with Gasteiger partial charge in [0.2, 0.25) is 11.7 Å². The summed E-state index contributed by atoms with van der Waals surface area (Å²) < 4.78 is 14.3. The lowest BCUT2D eigenvalue weighted by Gasteiger charge is -2.19. The second-order valence-electron chi connectivity index (χ2n) is 11.3. The van der Waals surface area contributed by atoms with Gasteiger partial charge in [0.25, 0.3) is 5.56 Å². The second-order valence-corrected chi connectivity index (χ2v) is 11.3. The Morgan fingerprint density at radius 2 is 1.53 bits per heavy atom. The largest absolute Gasteiger partial charge is 0.485 e. The van der Waals surface area contributed by atoms with Gasteiger partial charge in [0.05, 0.1) is 12.1 Å². The van der Waals surface area contributed by atoms with E-state index in [-0.39, 0.29) is 17.2 Å². The Morgan fingerprint density at radius 3 is 2.26 bits per heavy atom. The van der Waals surface area contributed by atoms with E-state index in [9.17, 15) is 9.59 Å². The lowest BCUT2D eigenvalue weighted by molar-refractivity contribution is -0.111. The number of aryl methyl sites for hydroxylation is 1. The van der Waals surface area contributed by atoms with Crippen molar-refractivity contribution in [1.82, 2.24) is 4.57 Å². The van der Waals surface area contributed by atoms with Crippen molar-refractivity contribution in [3.8, 4) is 11.5 Å². The first-order chi connectivity index (χ1) is 20.9. The SMILES string of the molecule is CCCCCCCCOc1c(OCC=C(C)C)c2ccc(NC(=O)C=Cc3ccccc3)cc2n(CCCCCC)c1=O. The Morgan fingerprint density at radius 1 is 0.837 bits per heavy atom. The molecule has 0 atom stereocenters. The van der Waals surface area contributed by atoms with Gasteiger partial charge in [-0.3, -0.25) is 9.59 Å². The number of aromatic nitrogens is 1. The lowest BCUT2D eigenvalue weighted by Crippen LogP contribution is -2.24. The highest BCUT2D eigenvalue weighted by Crippen LogP contribution is 2.35. The standard InChI is InChI=1S/C37H50N2O4/c1-5-7-9-11-12-17-26-42-36-35(43-27-24-29(3)4)32-22-21-31(38-34(40)23-20-30-18-14-13-15-19-30)28-33(32)39(37(36)41)25-16-10-8-6-2/h13-15,18-24,28H,5-12,16-17,25-27H2,1-4H3,(H,38,40). The third kappa shape index (κ3) is 11.1. The first-order valence-electron chi connectivity index (χ1n) is 16.1. The van der Waals surface area contributed by atoms with Gasteiger partial charge in [-0.25, -0.2) is 0 Å². The van der Waals surface area contributed by atoms with Crippen LogP contribution in [0.3, 0.4) is 0 Å². The zero-order valence-electron chi connectivity index (χ0n) is 26.6. The number of hydrogen-bond donors (Lipinski definition) is 1. The molecular weight excluding hydrogens is 536 g/mol. The number of hydrogen-bond acceptors (Lipinski definition) is 4. The summed E-state index contributed by atoms with van der Waals surface area (Å²) in [6.45, 7) is 9.82. The molecule has 6 nitrogen and oxygen atoms in total. The van der Waals surface area contributed by atoms with Crippen LogP contribution in [0.5, 0.6) is 11.5 Å². The second kappa shape index (κ2) is 18.7. The van der Waals surface area contributed by atoms with Gasteiger partial charge >= 0.3 is 0 Å². The van der Waals surface area contributed by atoms with E-state index in [1.807, 2.05) is 68.5 Å². The molecule has 1 N–H and O–H groups in total. The van der Waals surface area contributed by atoms with Gasteiger partial charge < -0.3 is 19.4 Å². The first kappa shape index (κ1) is 33.7. The maximum absolute atomic E-state index is 14.0. The van der Waals surface area contributed by atoms with Crippen molar-refractivity contribution in [2.24, 2.45) is 0 Å². The van der Waals surface area contributed by atoms with Crippen LogP contribution in [0.4, 0.5) is 5.69 Å². The number of rotatable bonds is 19. The zero-order chi connectivity index (χ0) is 30.9. The van der Waals surface area contributed by atoms with Gasteiger partial charge in [-0.2, -0.15) is 0 Å². The number of benzene rings is 2. The lowest BCUT2D eigenvalue weighted by atomic mass is 10.1. The van der Waals surface area contributed by atoms with Crippen molar-refractivity contribution >= 4 is 28.6 Å². The van der Waals surface area contributed by atoms with Crippen LogP contribution in [0, 0.1) is 0 Å². The first-order valence-corrected chi connectivity index (χ1v) is 16.1. The van der Waals surface area contributed by atoms with Crippen molar-refractivity contribution in [3.63, 3.8) is 0 Å². The monoisotopic (exact) mass is 586 g/mol. The highest BCUT2D eigenvalue weighted by atomic mass is 16.5. The van der Waals surface area contributed by atoms with E-state index in [2.05, 4.69) is 19.2 Å². The summed E-state index contributed by atoms with van der Waals surface area (Å²) in [5, 5.41) is 3.76. The van der Waals surface area contributed by atoms with Crippen LogP contribution >= 0.6 is 0 Å². The van der Waals surface area contributed by atoms with Gasteiger partial charge in [-0.05, 0) is 62.6 Å². The Bertz CT molecular complexity index is 1400. The van der Waals surface area contributed by atoms with Crippen LogP contribution in [-0.2, 0) is 11.3 Å².